The van der Waals surface area contributed by atoms with E-state index in [4.69, 9.17) is 17.3 Å². The van der Waals surface area contributed by atoms with Gasteiger partial charge in [0, 0.05) is 30.2 Å². The molecule has 3 unspecified atom stereocenters. The summed E-state index contributed by atoms with van der Waals surface area (Å²) in [6.07, 6.45) is 1.14. The van der Waals surface area contributed by atoms with E-state index in [9.17, 15) is 0 Å². The monoisotopic (exact) mass is 252 g/mol. The molecule has 2 N–H and O–H groups in total. The van der Waals surface area contributed by atoms with E-state index in [1.54, 1.807) is 0 Å². The van der Waals surface area contributed by atoms with Crippen molar-refractivity contribution >= 4 is 11.6 Å². The molecule has 0 saturated carbocycles. The minimum Gasteiger partial charge on any atom is -0.327 e. The molecule has 0 aliphatic carbocycles. The average molecular weight is 253 g/mol. The van der Waals surface area contributed by atoms with Crippen LogP contribution in [0.15, 0.2) is 24.3 Å². The van der Waals surface area contributed by atoms with Crippen LogP contribution in [0.2, 0.25) is 5.02 Å². The fourth-order valence-corrected chi connectivity index (χ4v) is 2.93. The molecule has 2 rings (SSSR count). The second kappa shape index (κ2) is 5.38. The molecule has 94 valence electrons. The molecule has 1 fully saturated rings. The molecular weight excluding hydrogens is 232 g/mol. The van der Waals surface area contributed by atoms with E-state index in [0.717, 1.165) is 24.5 Å². The van der Waals surface area contributed by atoms with Crippen LogP contribution >= 0.6 is 11.6 Å². The van der Waals surface area contributed by atoms with Gasteiger partial charge in [-0.2, -0.15) is 0 Å². The lowest BCUT2D eigenvalue weighted by atomic mass is 9.94. The third-order valence-corrected chi connectivity index (χ3v) is 3.83. The highest BCUT2D eigenvalue weighted by atomic mass is 35.5. The number of nitrogens with two attached hydrogens (primary N) is 1. The molecule has 0 aromatic heterocycles. The Morgan fingerprint density at radius 2 is 2.18 bits per heavy atom. The summed E-state index contributed by atoms with van der Waals surface area (Å²) in [7, 11) is 0. The van der Waals surface area contributed by atoms with E-state index in [2.05, 4.69) is 30.9 Å². The topological polar surface area (TPSA) is 29.3 Å². The minimum atomic E-state index is 0.306. The van der Waals surface area contributed by atoms with Crippen LogP contribution < -0.4 is 5.73 Å². The van der Waals surface area contributed by atoms with Crippen LogP contribution in [-0.4, -0.2) is 24.0 Å². The Kier molecular flexibility index (Phi) is 4.08. The van der Waals surface area contributed by atoms with Gasteiger partial charge < -0.3 is 5.73 Å². The summed E-state index contributed by atoms with van der Waals surface area (Å²) >= 11 is 6.04. The summed E-state index contributed by atoms with van der Waals surface area (Å²) in [5.74, 6) is 0.681. The molecule has 1 heterocycles. The minimum absolute atomic E-state index is 0.306. The van der Waals surface area contributed by atoms with Gasteiger partial charge in [0.15, 0.2) is 0 Å². The standard InChI is InChI=1S/C14H21ClN2/c1-10-6-14(16)9-17(8-10)11(2)12-4-3-5-13(15)7-12/h3-5,7,10-11,14H,6,8-9,16H2,1-2H3. The van der Waals surface area contributed by atoms with Gasteiger partial charge in [-0.15, -0.1) is 0 Å². The highest BCUT2D eigenvalue weighted by Gasteiger charge is 2.26. The predicted octanol–water partition coefficient (Wildman–Crippen LogP) is 3.07. The van der Waals surface area contributed by atoms with Gasteiger partial charge in [-0.1, -0.05) is 30.7 Å². The van der Waals surface area contributed by atoms with Crippen LogP contribution in [0, 0.1) is 5.92 Å². The Balaban J connectivity index is 2.11. The first-order valence-corrected chi connectivity index (χ1v) is 6.69. The second-order valence-electron chi connectivity index (χ2n) is 5.29. The molecule has 0 amide bonds. The number of likely N-dealkylation sites (tertiary alicyclic amines) is 1. The van der Waals surface area contributed by atoms with E-state index >= 15 is 0 Å². The molecule has 0 bridgehead atoms. The van der Waals surface area contributed by atoms with Gasteiger partial charge in [0.05, 0.1) is 0 Å². The van der Waals surface area contributed by atoms with Crippen molar-refractivity contribution in [3.8, 4) is 0 Å². The quantitative estimate of drug-likeness (QED) is 0.877. The van der Waals surface area contributed by atoms with Crippen molar-refractivity contribution in [2.24, 2.45) is 11.7 Å². The summed E-state index contributed by atoms with van der Waals surface area (Å²) in [4.78, 5) is 2.46. The number of halogens is 1. The van der Waals surface area contributed by atoms with Crippen LogP contribution in [0.1, 0.15) is 31.9 Å². The fraction of sp³-hybridized carbons (Fsp3) is 0.571. The number of piperidine rings is 1. The van der Waals surface area contributed by atoms with E-state index < -0.39 is 0 Å². The highest BCUT2D eigenvalue weighted by molar-refractivity contribution is 6.30. The first kappa shape index (κ1) is 12.9. The molecule has 1 saturated heterocycles. The molecule has 3 heteroatoms. The van der Waals surface area contributed by atoms with Gasteiger partial charge in [0.2, 0.25) is 0 Å². The van der Waals surface area contributed by atoms with Crippen LogP contribution in [0.3, 0.4) is 0 Å². The fourth-order valence-electron chi connectivity index (χ4n) is 2.74. The predicted molar refractivity (Wildman–Crippen MR) is 73.2 cm³/mol. The zero-order chi connectivity index (χ0) is 12.4. The Bertz CT molecular complexity index is 370. The molecule has 2 nitrogen and oxygen atoms in total. The molecule has 17 heavy (non-hydrogen) atoms. The maximum atomic E-state index is 6.09. The smallest absolute Gasteiger partial charge is 0.0409 e. The molecule has 1 aliphatic heterocycles. The highest BCUT2D eigenvalue weighted by Crippen LogP contribution is 2.27. The molecule has 1 aliphatic rings. The van der Waals surface area contributed by atoms with Gasteiger partial charge >= 0.3 is 0 Å². The SMILES string of the molecule is CC1CC(N)CN(C(C)c2cccc(Cl)c2)C1. The Morgan fingerprint density at radius 3 is 2.82 bits per heavy atom. The van der Waals surface area contributed by atoms with E-state index in [-0.39, 0.29) is 0 Å². The van der Waals surface area contributed by atoms with E-state index in [1.165, 1.54) is 5.56 Å². The number of hydrogen-bond acceptors (Lipinski definition) is 2. The van der Waals surface area contributed by atoms with Gasteiger partial charge in [0.25, 0.3) is 0 Å². The van der Waals surface area contributed by atoms with Crippen molar-refractivity contribution in [2.75, 3.05) is 13.1 Å². The molecule has 0 spiro atoms. The summed E-state index contributed by atoms with van der Waals surface area (Å²) in [6, 6.07) is 8.82. The zero-order valence-electron chi connectivity index (χ0n) is 10.6. The zero-order valence-corrected chi connectivity index (χ0v) is 11.3. The third-order valence-electron chi connectivity index (χ3n) is 3.60. The second-order valence-corrected chi connectivity index (χ2v) is 5.72. The summed E-state index contributed by atoms with van der Waals surface area (Å²) in [5, 5.41) is 0.809. The first-order chi connectivity index (χ1) is 8.06. The van der Waals surface area contributed by atoms with Crippen molar-refractivity contribution < 1.29 is 0 Å². The lowest BCUT2D eigenvalue weighted by Gasteiger charge is -2.38. The lowest BCUT2D eigenvalue weighted by molar-refractivity contribution is 0.124. The summed E-state index contributed by atoms with van der Waals surface area (Å²) in [6.45, 7) is 6.62. The van der Waals surface area contributed by atoms with Crippen LogP contribution in [0.25, 0.3) is 0 Å². The maximum Gasteiger partial charge on any atom is 0.0409 e. The van der Waals surface area contributed by atoms with Crippen molar-refractivity contribution in [3.05, 3.63) is 34.9 Å². The van der Waals surface area contributed by atoms with E-state index in [0.29, 0.717) is 18.0 Å². The molecular formula is C14H21ClN2. The van der Waals surface area contributed by atoms with Crippen molar-refractivity contribution in [1.82, 2.24) is 4.90 Å². The number of hydrogen-bond donors (Lipinski definition) is 1. The molecule has 1 aromatic carbocycles. The van der Waals surface area contributed by atoms with Crippen LogP contribution in [0.4, 0.5) is 0 Å². The van der Waals surface area contributed by atoms with E-state index in [1.807, 2.05) is 12.1 Å². The summed E-state index contributed by atoms with van der Waals surface area (Å²) < 4.78 is 0. The van der Waals surface area contributed by atoms with Crippen molar-refractivity contribution in [3.63, 3.8) is 0 Å². The summed E-state index contributed by atoms with van der Waals surface area (Å²) in [5.41, 5.74) is 7.37. The molecule has 3 atom stereocenters. The van der Waals surface area contributed by atoms with Gasteiger partial charge in [0.1, 0.15) is 0 Å². The number of rotatable bonds is 2. The lowest BCUT2D eigenvalue weighted by Crippen LogP contribution is -2.47. The average Bonchev–Trinajstić information content (AvgIpc) is 2.26. The Hall–Kier alpha value is -0.570. The third kappa shape index (κ3) is 3.21. The van der Waals surface area contributed by atoms with Gasteiger partial charge in [-0.25, -0.2) is 0 Å². The van der Waals surface area contributed by atoms with Gasteiger partial charge in [-0.05, 0) is 37.0 Å². The molecule has 1 aromatic rings. The number of benzene rings is 1. The van der Waals surface area contributed by atoms with Crippen molar-refractivity contribution in [1.29, 1.82) is 0 Å². The van der Waals surface area contributed by atoms with Crippen LogP contribution in [-0.2, 0) is 0 Å². The number of nitrogens with zero attached hydrogens (tertiary/aromatic N) is 1. The maximum absolute atomic E-state index is 6.09. The van der Waals surface area contributed by atoms with Crippen LogP contribution in [0.5, 0.6) is 0 Å². The largest absolute Gasteiger partial charge is 0.327 e. The molecule has 0 radical (unpaired) electrons. The normalized spacial score (nSPS) is 28.0. The van der Waals surface area contributed by atoms with Crippen molar-refractivity contribution in [2.45, 2.75) is 32.4 Å². The Morgan fingerprint density at radius 1 is 1.41 bits per heavy atom. The first-order valence-electron chi connectivity index (χ1n) is 6.31. The Labute approximate surface area is 109 Å². The van der Waals surface area contributed by atoms with Gasteiger partial charge in [-0.3, -0.25) is 4.90 Å².